The SMILES string of the molecule is O=C(Nc1nnc([C@@H]2COc3ccccc3O2)o1)c1ccc(S(=O)(=O)N2CCCc3ccccc32)cc1. The minimum Gasteiger partial charge on any atom is -0.485 e. The lowest BCUT2D eigenvalue weighted by Gasteiger charge is -2.30. The van der Waals surface area contributed by atoms with Gasteiger partial charge in [0.25, 0.3) is 21.8 Å². The van der Waals surface area contributed by atoms with Crippen molar-refractivity contribution >= 4 is 27.6 Å². The van der Waals surface area contributed by atoms with Crippen molar-refractivity contribution in [3.63, 3.8) is 0 Å². The number of nitrogens with zero attached hydrogens (tertiary/aromatic N) is 3. The molecular formula is C26H22N4O6S. The lowest BCUT2D eigenvalue weighted by atomic mass is 10.0. The van der Waals surface area contributed by atoms with Crippen LogP contribution >= 0.6 is 0 Å². The molecule has 188 valence electrons. The van der Waals surface area contributed by atoms with Crippen molar-refractivity contribution in [2.45, 2.75) is 23.8 Å². The van der Waals surface area contributed by atoms with Crippen LogP contribution < -0.4 is 19.1 Å². The Morgan fingerprint density at radius 1 is 0.946 bits per heavy atom. The van der Waals surface area contributed by atoms with E-state index in [2.05, 4.69) is 15.5 Å². The molecule has 2 aliphatic heterocycles. The fourth-order valence-corrected chi connectivity index (χ4v) is 5.92. The van der Waals surface area contributed by atoms with Gasteiger partial charge in [0, 0.05) is 12.1 Å². The second-order valence-electron chi connectivity index (χ2n) is 8.60. The van der Waals surface area contributed by atoms with Crippen LogP contribution in [0.5, 0.6) is 11.5 Å². The van der Waals surface area contributed by atoms with Gasteiger partial charge in [-0.05, 0) is 60.9 Å². The van der Waals surface area contributed by atoms with Crippen LogP contribution in [-0.4, -0.2) is 37.7 Å². The molecule has 6 rings (SSSR count). The van der Waals surface area contributed by atoms with Gasteiger partial charge in [-0.2, -0.15) is 0 Å². The first-order valence-corrected chi connectivity index (χ1v) is 13.2. The highest BCUT2D eigenvalue weighted by molar-refractivity contribution is 7.92. The highest BCUT2D eigenvalue weighted by atomic mass is 32.2. The van der Waals surface area contributed by atoms with Gasteiger partial charge in [0.05, 0.1) is 10.6 Å². The quantitative estimate of drug-likeness (QED) is 0.421. The minimum atomic E-state index is -3.77. The zero-order valence-corrected chi connectivity index (χ0v) is 20.3. The van der Waals surface area contributed by atoms with Crippen LogP contribution in [0.25, 0.3) is 0 Å². The summed E-state index contributed by atoms with van der Waals surface area (Å²) in [4.78, 5) is 12.8. The number of aromatic nitrogens is 2. The summed E-state index contributed by atoms with van der Waals surface area (Å²) in [5.41, 5.74) is 1.93. The van der Waals surface area contributed by atoms with Gasteiger partial charge in [-0.15, -0.1) is 5.10 Å². The number of carbonyl (C=O) groups is 1. The van der Waals surface area contributed by atoms with E-state index in [1.807, 2.05) is 36.4 Å². The minimum absolute atomic E-state index is 0.107. The molecule has 37 heavy (non-hydrogen) atoms. The number of hydrogen-bond donors (Lipinski definition) is 1. The summed E-state index contributed by atoms with van der Waals surface area (Å²) in [7, 11) is -3.77. The molecular weight excluding hydrogens is 496 g/mol. The predicted molar refractivity (Wildman–Crippen MR) is 133 cm³/mol. The number of amides is 1. The van der Waals surface area contributed by atoms with Gasteiger partial charge < -0.3 is 13.9 Å². The summed E-state index contributed by atoms with van der Waals surface area (Å²) >= 11 is 0. The molecule has 0 aliphatic carbocycles. The Labute approximate surface area is 212 Å². The van der Waals surface area contributed by atoms with Crippen LogP contribution in [0.15, 0.2) is 82.1 Å². The summed E-state index contributed by atoms with van der Waals surface area (Å²) in [6, 6.07) is 20.4. The second-order valence-corrected chi connectivity index (χ2v) is 10.5. The van der Waals surface area contributed by atoms with E-state index in [0.29, 0.717) is 23.7 Å². The van der Waals surface area contributed by atoms with E-state index in [0.717, 1.165) is 18.4 Å². The normalized spacial score (nSPS) is 16.6. The number of ether oxygens (including phenoxy) is 2. The fraction of sp³-hybridized carbons (Fsp3) is 0.192. The number of hydrogen-bond acceptors (Lipinski definition) is 8. The number of rotatable bonds is 5. The molecule has 0 radical (unpaired) electrons. The van der Waals surface area contributed by atoms with Gasteiger partial charge in [0.2, 0.25) is 6.10 Å². The number of nitrogens with one attached hydrogen (secondary N) is 1. The molecule has 2 aliphatic rings. The number of anilines is 2. The molecule has 10 nitrogen and oxygen atoms in total. The van der Waals surface area contributed by atoms with Gasteiger partial charge in [-0.25, -0.2) is 8.42 Å². The third-order valence-corrected chi connectivity index (χ3v) is 8.04. The molecule has 1 amide bonds. The average Bonchev–Trinajstić information content (AvgIpc) is 3.41. The van der Waals surface area contributed by atoms with Gasteiger partial charge in [-0.1, -0.05) is 35.4 Å². The average molecular weight is 519 g/mol. The second kappa shape index (κ2) is 9.25. The largest absolute Gasteiger partial charge is 0.485 e. The monoisotopic (exact) mass is 518 g/mol. The van der Waals surface area contributed by atoms with Crippen LogP contribution in [0.1, 0.15) is 34.3 Å². The van der Waals surface area contributed by atoms with E-state index in [1.165, 1.54) is 28.6 Å². The van der Waals surface area contributed by atoms with Crippen LogP contribution in [0.2, 0.25) is 0 Å². The first-order chi connectivity index (χ1) is 18.0. The maximum Gasteiger partial charge on any atom is 0.322 e. The first-order valence-electron chi connectivity index (χ1n) is 11.7. The first kappa shape index (κ1) is 23.0. The number of para-hydroxylation sites is 3. The Balaban J connectivity index is 1.14. The molecule has 0 unspecified atom stereocenters. The van der Waals surface area contributed by atoms with E-state index < -0.39 is 22.0 Å². The molecule has 1 atom stereocenters. The highest BCUT2D eigenvalue weighted by Crippen LogP contribution is 2.36. The maximum absolute atomic E-state index is 13.3. The van der Waals surface area contributed by atoms with Crippen LogP contribution in [-0.2, 0) is 16.4 Å². The fourth-order valence-electron chi connectivity index (χ4n) is 4.38. The molecule has 0 spiro atoms. The zero-order chi connectivity index (χ0) is 25.4. The Bertz CT molecular complexity index is 1570. The van der Waals surface area contributed by atoms with E-state index in [9.17, 15) is 13.2 Å². The van der Waals surface area contributed by atoms with Crippen molar-refractivity contribution in [3.8, 4) is 11.5 Å². The van der Waals surface area contributed by atoms with E-state index in [1.54, 1.807) is 12.1 Å². The molecule has 4 aromatic rings. The van der Waals surface area contributed by atoms with Crippen molar-refractivity contribution in [2.75, 3.05) is 22.8 Å². The van der Waals surface area contributed by atoms with E-state index in [4.69, 9.17) is 13.9 Å². The van der Waals surface area contributed by atoms with Gasteiger partial charge in [-0.3, -0.25) is 14.4 Å². The van der Waals surface area contributed by atoms with Crippen LogP contribution in [0.3, 0.4) is 0 Å². The summed E-state index contributed by atoms with van der Waals surface area (Å²) in [6.45, 7) is 0.590. The number of sulfonamides is 1. The summed E-state index contributed by atoms with van der Waals surface area (Å²) < 4.78 is 45.1. The summed E-state index contributed by atoms with van der Waals surface area (Å²) in [5.74, 6) is 0.828. The number of fused-ring (bicyclic) bond motifs is 2. The molecule has 1 aromatic heterocycles. The van der Waals surface area contributed by atoms with Gasteiger partial charge >= 0.3 is 6.01 Å². The third kappa shape index (κ3) is 4.38. The van der Waals surface area contributed by atoms with Crippen molar-refractivity contribution in [3.05, 3.63) is 89.8 Å². The molecule has 0 saturated heterocycles. The number of aryl methyl sites for hydroxylation is 1. The van der Waals surface area contributed by atoms with Crippen molar-refractivity contribution < 1.29 is 27.1 Å². The predicted octanol–water partition coefficient (Wildman–Crippen LogP) is 3.98. The molecule has 1 N–H and O–H groups in total. The smallest absolute Gasteiger partial charge is 0.322 e. The van der Waals surface area contributed by atoms with Gasteiger partial charge in [0.15, 0.2) is 11.5 Å². The van der Waals surface area contributed by atoms with Crippen LogP contribution in [0, 0.1) is 0 Å². The van der Waals surface area contributed by atoms with Gasteiger partial charge in [0.1, 0.15) is 6.61 Å². The third-order valence-electron chi connectivity index (χ3n) is 6.22. The molecule has 0 fully saturated rings. The zero-order valence-electron chi connectivity index (χ0n) is 19.5. The number of benzene rings is 3. The highest BCUT2D eigenvalue weighted by Gasteiger charge is 2.30. The Hall–Kier alpha value is -4.38. The Morgan fingerprint density at radius 3 is 2.54 bits per heavy atom. The molecule has 3 aromatic carbocycles. The van der Waals surface area contributed by atoms with E-state index in [-0.39, 0.29) is 29.0 Å². The summed E-state index contributed by atoms with van der Waals surface area (Å²) in [6.07, 6.45) is 0.969. The molecule has 11 heteroatoms. The number of carbonyl (C=O) groups excluding carboxylic acids is 1. The molecule has 3 heterocycles. The topological polar surface area (TPSA) is 124 Å². The lowest BCUT2D eigenvalue weighted by molar-refractivity contribution is 0.0716. The van der Waals surface area contributed by atoms with Crippen molar-refractivity contribution in [2.24, 2.45) is 0 Å². The van der Waals surface area contributed by atoms with Crippen LogP contribution in [0.4, 0.5) is 11.7 Å². The van der Waals surface area contributed by atoms with E-state index >= 15 is 0 Å². The van der Waals surface area contributed by atoms with Crippen molar-refractivity contribution in [1.29, 1.82) is 0 Å². The Kier molecular flexibility index (Phi) is 5.76. The Morgan fingerprint density at radius 2 is 1.70 bits per heavy atom. The standard InChI is InChI=1S/C26H22N4O6S/c31-24(27-26-29-28-25(36-26)23-16-34-21-9-3-4-10-22(21)35-23)18-11-13-19(14-12-18)37(32,33)30-15-5-7-17-6-1-2-8-20(17)30/h1-4,6,8-14,23H,5,7,15-16H2,(H,27,29,31)/t23-/m0/s1. The molecule has 0 saturated carbocycles. The lowest BCUT2D eigenvalue weighted by Crippen LogP contribution is -2.35. The summed E-state index contributed by atoms with van der Waals surface area (Å²) in [5, 5.41) is 10.4. The molecule has 0 bridgehead atoms. The van der Waals surface area contributed by atoms with Crippen molar-refractivity contribution in [1.82, 2.24) is 10.2 Å². The maximum atomic E-state index is 13.3.